The van der Waals surface area contributed by atoms with Crippen molar-refractivity contribution in [2.24, 2.45) is 0 Å². The van der Waals surface area contributed by atoms with Gasteiger partial charge in [0.05, 0.1) is 11.4 Å². The molecule has 1 aliphatic rings. The van der Waals surface area contributed by atoms with Crippen LogP contribution in [-0.2, 0) is 4.79 Å². The maximum Gasteiger partial charge on any atom is 0.228 e. The Kier molecular flexibility index (Phi) is 3.82. The van der Waals surface area contributed by atoms with Crippen molar-refractivity contribution in [3.8, 4) is 11.1 Å². The van der Waals surface area contributed by atoms with Gasteiger partial charge in [-0.3, -0.25) is 14.5 Å². The van der Waals surface area contributed by atoms with Crippen LogP contribution in [0.3, 0.4) is 0 Å². The molecular formula is C21H15NO2S. The zero-order valence-corrected chi connectivity index (χ0v) is 14.4. The molecule has 122 valence electrons. The maximum atomic E-state index is 12.8. The summed E-state index contributed by atoms with van der Waals surface area (Å²) in [6.07, 6.45) is 1.79. The molecule has 3 aromatic rings. The van der Waals surface area contributed by atoms with Gasteiger partial charge in [-0.05, 0) is 57.8 Å². The first kappa shape index (κ1) is 15.5. The van der Waals surface area contributed by atoms with Crippen molar-refractivity contribution in [1.82, 2.24) is 0 Å². The molecular weight excluding hydrogens is 330 g/mol. The number of carbonyl (C=O) groups excluding carboxylic acids is 2. The summed E-state index contributed by atoms with van der Waals surface area (Å²) in [6, 6.07) is 17.3. The number of hydrogen-bond acceptors (Lipinski definition) is 3. The lowest BCUT2D eigenvalue weighted by molar-refractivity contribution is -0.116. The molecule has 0 saturated carbocycles. The molecule has 0 N–H and O–H groups in total. The Balaban J connectivity index is 1.80. The lowest BCUT2D eigenvalue weighted by atomic mass is 10.0. The SMILES string of the molecule is CC(=O)N1/C(=C/c2cccc(-c3ccsc3)c2)C(=O)c2ccccc21. The predicted molar refractivity (Wildman–Crippen MR) is 102 cm³/mol. The molecule has 3 nitrogen and oxygen atoms in total. The molecule has 4 heteroatoms. The normalized spacial score (nSPS) is 14.8. The summed E-state index contributed by atoms with van der Waals surface area (Å²) in [6.45, 7) is 1.48. The average Bonchev–Trinajstić information content (AvgIpc) is 3.23. The van der Waals surface area contributed by atoms with E-state index in [1.54, 1.807) is 29.5 Å². The third-order valence-electron chi connectivity index (χ3n) is 4.22. The van der Waals surface area contributed by atoms with Gasteiger partial charge in [-0.2, -0.15) is 11.3 Å². The highest BCUT2D eigenvalue weighted by Crippen LogP contribution is 2.35. The number of benzene rings is 2. The Labute approximate surface area is 149 Å². The molecule has 0 spiro atoms. The van der Waals surface area contributed by atoms with Crippen molar-refractivity contribution in [3.63, 3.8) is 0 Å². The highest BCUT2D eigenvalue weighted by molar-refractivity contribution is 7.08. The van der Waals surface area contributed by atoms with Crippen LogP contribution in [0.4, 0.5) is 5.69 Å². The summed E-state index contributed by atoms with van der Waals surface area (Å²) in [7, 11) is 0. The van der Waals surface area contributed by atoms with E-state index in [4.69, 9.17) is 0 Å². The van der Waals surface area contributed by atoms with E-state index in [0.717, 1.165) is 16.7 Å². The van der Waals surface area contributed by atoms with Gasteiger partial charge in [-0.25, -0.2) is 0 Å². The minimum atomic E-state index is -0.168. The summed E-state index contributed by atoms with van der Waals surface area (Å²) < 4.78 is 0. The summed E-state index contributed by atoms with van der Waals surface area (Å²) >= 11 is 1.65. The Morgan fingerprint density at radius 3 is 2.64 bits per heavy atom. The Hall–Kier alpha value is -2.98. The number of ketones is 1. The van der Waals surface area contributed by atoms with Crippen LogP contribution < -0.4 is 4.90 Å². The third-order valence-corrected chi connectivity index (χ3v) is 4.91. The lowest BCUT2D eigenvalue weighted by Crippen LogP contribution is -2.25. The fourth-order valence-electron chi connectivity index (χ4n) is 3.09. The number of amides is 1. The largest absolute Gasteiger partial charge is 0.287 e. The van der Waals surface area contributed by atoms with Crippen LogP contribution in [0.15, 0.2) is 71.1 Å². The zero-order valence-electron chi connectivity index (χ0n) is 13.6. The van der Waals surface area contributed by atoms with Crippen LogP contribution in [0.1, 0.15) is 22.8 Å². The fraction of sp³-hybridized carbons (Fsp3) is 0.0476. The van der Waals surface area contributed by atoms with Crippen molar-refractivity contribution < 1.29 is 9.59 Å². The number of anilines is 1. The topological polar surface area (TPSA) is 37.4 Å². The van der Waals surface area contributed by atoms with Crippen LogP contribution in [0.25, 0.3) is 17.2 Å². The van der Waals surface area contributed by atoms with Crippen LogP contribution in [0, 0.1) is 0 Å². The van der Waals surface area contributed by atoms with E-state index in [2.05, 4.69) is 11.4 Å². The number of thiophene rings is 1. The lowest BCUT2D eigenvalue weighted by Gasteiger charge is -2.16. The Morgan fingerprint density at radius 2 is 1.88 bits per heavy atom. The van der Waals surface area contributed by atoms with E-state index in [-0.39, 0.29) is 11.7 Å². The molecule has 2 aromatic carbocycles. The molecule has 4 rings (SSSR count). The molecule has 25 heavy (non-hydrogen) atoms. The van der Waals surface area contributed by atoms with Crippen LogP contribution >= 0.6 is 11.3 Å². The van der Waals surface area contributed by atoms with Gasteiger partial charge in [-0.15, -0.1) is 0 Å². The quantitative estimate of drug-likeness (QED) is 0.613. The van der Waals surface area contributed by atoms with Crippen molar-refractivity contribution in [2.75, 3.05) is 4.90 Å². The van der Waals surface area contributed by atoms with Crippen molar-refractivity contribution in [3.05, 3.63) is 82.2 Å². The molecule has 0 radical (unpaired) electrons. The monoisotopic (exact) mass is 345 g/mol. The second-order valence-corrected chi connectivity index (χ2v) is 6.65. The van der Waals surface area contributed by atoms with Gasteiger partial charge in [-0.1, -0.05) is 30.3 Å². The Morgan fingerprint density at radius 1 is 1.04 bits per heavy atom. The number of fused-ring (bicyclic) bond motifs is 1. The van der Waals surface area contributed by atoms with Crippen molar-refractivity contribution >= 4 is 34.8 Å². The summed E-state index contributed by atoms with van der Waals surface area (Å²) in [4.78, 5) is 26.4. The molecule has 1 aromatic heterocycles. The van der Waals surface area contributed by atoms with Gasteiger partial charge in [0.2, 0.25) is 11.7 Å². The van der Waals surface area contributed by atoms with E-state index in [1.165, 1.54) is 11.8 Å². The first-order chi connectivity index (χ1) is 12.1. The van der Waals surface area contributed by atoms with Crippen LogP contribution in [0.5, 0.6) is 0 Å². The summed E-state index contributed by atoms with van der Waals surface area (Å²) in [5.74, 6) is -0.287. The maximum absolute atomic E-state index is 12.8. The van der Waals surface area contributed by atoms with E-state index in [0.29, 0.717) is 16.9 Å². The minimum absolute atomic E-state index is 0.119. The molecule has 0 saturated heterocycles. The first-order valence-electron chi connectivity index (χ1n) is 7.94. The van der Waals surface area contributed by atoms with Gasteiger partial charge < -0.3 is 0 Å². The van der Waals surface area contributed by atoms with Crippen LogP contribution in [-0.4, -0.2) is 11.7 Å². The molecule has 0 aliphatic carbocycles. The second-order valence-electron chi connectivity index (χ2n) is 5.87. The van der Waals surface area contributed by atoms with E-state index < -0.39 is 0 Å². The standard InChI is InChI=1S/C21H15NO2S/c1-14(23)22-19-8-3-2-7-18(19)21(24)20(22)12-15-5-4-6-16(11-15)17-9-10-25-13-17/h2-13H,1H3/b20-12+. The van der Waals surface area contributed by atoms with Gasteiger partial charge >= 0.3 is 0 Å². The fourth-order valence-corrected chi connectivity index (χ4v) is 3.76. The van der Waals surface area contributed by atoms with Crippen molar-refractivity contribution in [2.45, 2.75) is 6.92 Å². The molecule has 2 heterocycles. The van der Waals surface area contributed by atoms with Crippen LogP contribution in [0.2, 0.25) is 0 Å². The highest BCUT2D eigenvalue weighted by atomic mass is 32.1. The van der Waals surface area contributed by atoms with E-state index in [1.807, 2.05) is 41.8 Å². The second kappa shape index (κ2) is 6.15. The van der Waals surface area contributed by atoms with E-state index >= 15 is 0 Å². The number of rotatable bonds is 2. The number of hydrogen-bond donors (Lipinski definition) is 0. The number of allylic oxidation sites excluding steroid dienone is 1. The summed E-state index contributed by atoms with van der Waals surface area (Å²) in [5.41, 5.74) is 4.75. The Bertz CT molecular complexity index is 1000. The highest BCUT2D eigenvalue weighted by Gasteiger charge is 2.34. The summed E-state index contributed by atoms with van der Waals surface area (Å²) in [5, 5.41) is 4.12. The molecule has 1 amide bonds. The van der Waals surface area contributed by atoms with Crippen molar-refractivity contribution in [1.29, 1.82) is 0 Å². The smallest absolute Gasteiger partial charge is 0.228 e. The molecule has 1 aliphatic heterocycles. The van der Waals surface area contributed by atoms with Gasteiger partial charge in [0, 0.05) is 12.5 Å². The first-order valence-corrected chi connectivity index (χ1v) is 8.88. The molecule has 0 fully saturated rings. The molecule has 0 atom stereocenters. The number of para-hydroxylation sites is 1. The minimum Gasteiger partial charge on any atom is -0.287 e. The van der Waals surface area contributed by atoms with Gasteiger partial charge in [0.1, 0.15) is 0 Å². The van der Waals surface area contributed by atoms with Gasteiger partial charge in [0.15, 0.2) is 0 Å². The molecule has 0 unspecified atom stereocenters. The van der Waals surface area contributed by atoms with E-state index in [9.17, 15) is 9.59 Å². The number of nitrogens with zero attached hydrogens (tertiary/aromatic N) is 1. The number of carbonyl (C=O) groups is 2. The zero-order chi connectivity index (χ0) is 17.4. The van der Waals surface area contributed by atoms with Gasteiger partial charge in [0.25, 0.3) is 0 Å². The average molecular weight is 345 g/mol. The third kappa shape index (κ3) is 2.71. The molecule has 0 bridgehead atoms. The predicted octanol–water partition coefficient (Wildman–Crippen LogP) is 5.01. The number of Topliss-reactive ketones (excluding diaryl/α,β-unsaturated/α-hetero) is 1.